The first-order chi connectivity index (χ1) is 16.9. The van der Waals surface area contributed by atoms with Gasteiger partial charge in [0.25, 0.3) is 5.91 Å². The zero-order valence-electron chi connectivity index (χ0n) is 21.1. The first-order valence-electron chi connectivity index (χ1n) is 12.4. The summed E-state index contributed by atoms with van der Waals surface area (Å²) >= 11 is 0. The van der Waals surface area contributed by atoms with Gasteiger partial charge < -0.3 is 9.47 Å². The Balaban J connectivity index is 1.65. The second-order valence-electron chi connectivity index (χ2n) is 9.30. The number of methoxy groups -OCH3 is 1. The maximum absolute atomic E-state index is 13.7. The summed E-state index contributed by atoms with van der Waals surface area (Å²) in [5, 5.41) is 6.46. The van der Waals surface area contributed by atoms with E-state index in [1.807, 2.05) is 36.1 Å². The second kappa shape index (κ2) is 11.0. The molecule has 1 saturated heterocycles. The average Bonchev–Trinajstić information content (AvgIpc) is 3.29. The van der Waals surface area contributed by atoms with Crippen LogP contribution in [0.5, 0.6) is 5.75 Å². The van der Waals surface area contributed by atoms with Crippen molar-refractivity contribution in [3.63, 3.8) is 0 Å². The van der Waals surface area contributed by atoms with Gasteiger partial charge in [0.2, 0.25) is 0 Å². The zero-order valence-corrected chi connectivity index (χ0v) is 21.1. The van der Waals surface area contributed by atoms with Crippen molar-refractivity contribution in [1.29, 1.82) is 0 Å². The van der Waals surface area contributed by atoms with E-state index in [1.54, 1.807) is 12.1 Å². The lowest BCUT2D eigenvalue weighted by atomic mass is 9.94. The molecule has 1 fully saturated rings. The summed E-state index contributed by atoms with van der Waals surface area (Å²) < 4.78 is 10.9. The molecule has 0 N–H and O–H groups in total. The van der Waals surface area contributed by atoms with E-state index in [0.29, 0.717) is 26.0 Å². The molecule has 0 unspecified atom stereocenters. The van der Waals surface area contributed by atoms with Gasteiger partial charge in [0.1, 0.15) is 11.8 Å². The lowest BCUT2D eigenvalue weighted by Gasteiger charge is -2.34. The van der Waals surface area contributed by atoms with Gasteiger partial charge in [-0.25, -0.2) is 5.01 Å². The SMILES string of the molecule is CCOC(=O)[C@H]1CCCCN1CC(=O)N1N=C(c2ccc(C)cc2C)C[C@H]1c1ccccc1OC. The average molecular weight is 478 g/mol. The highest BCUT2D eigenvalue weighted by atomic mass is 16.5. The van der Waals surface area contributed by atoms with E-state index in [0.717, 1.165) is 41.0 Å². The van der Waals surface area contributed by atoms with Crippen LogP contribution >= 0.6 is 0 Å². The Morgan fingerprint density at radius 1 is 1.11 bits per heavy atom. The van der Waals surface area contributed by atoms with E-state index in [9.17, 15) is 9.59 Å². The molecule has 2 atom stereocenters. The van der Waals surface area contributed by atoms with Crippen molar-refractivity contribution < 1.29 is 19.1 Å². The fraction of sp³-hybridized carbons (Fsp3) is 0.464. The molecule has 0 radical (unpaired) electrons. The molecule has 0 bridgehead atoms. The minimum absolute atomic E-state index is 0.124. The summed E-state index contributed by atoms with van der Waals surface area (Å²) in [4.78, 5) is 28.2. The van der Waals surface area contributed by atoms with Crippen LogP contribution in [0.25, 0.3) is 0 Å². The predicted octanol–water partition coefficient (Wildman–Crippen LogP) is 4.41. The van der Waals surface area contributed by atoms with Gasteiger partial charge in [-0.2, -0.15) is 5.10 Å². The number of hydrogen-bond acceptors (Lipinski definition) is 6. The molecule has 0 aliphatic carbocycles. The minimum Gasteiger partial charge on any atom is -0.496 e. The standard InChI is InChI=1S/C28H35N3O4/c1-5-35-28(33)24-11-8-9-15-30(24)18-27(32)31-25(22-10-6-7-12-26(22)34-4)17-23(29-31)21-14-13-19(2)16-20(21)3/h6-7,10,12-14,16,24-25H,5,8-9,11,15,17-18H2,1-4H3/t24-,25+/m1/s1. The van der Waals surface area contributed by atoms with Crippen LogP contribution in [0.3, 0.4) is 0 Å². The van der Waals surface area contributed by atoms with E-state index in [1.165, 1.54) is 5.56 Å². The lowest BCUT2D eigenvalue weighted by molar-refractivity contribution is -0.152. The molecule has 7 heteroatoms. The minimum atomic E-state index is -0.386. The summed E-state index contributed by atoms with van der Waals surface area (Å²) in [7, 11) is 1.64. The molecule has 2 aromatic carbocycles. The van der Waals surface area contributed by atoms with Crippen molar-refractivity contribution in [2.75, 3.05) is 26.8 Å². The molecule has 2 aromatic rings. The molecule has 186 valence electrons. The number of esters is 1. The van der Waals surface area contributed by atoms with Crippen LogP contribution in [0.15, 0.2) is 47.6 Å². The normalized spacial score (nSPS) is 20.5. The van der Waals surface area contributed by atoms with Crippen LogP contribution in [0, 0.1) is 13.8 Å². The molecular formula is C28H35N3O4. The third-order valence-electron chi connectivity index (χ3n) is 6.87. The maximum Gasteiger partial charge on any atom is 0.323 e. The van der Waals surface area contributed by atoms with Crippen molar-refractivity contribution in [2.24, 2.45) is 5.10 Å². The number of hydrazone groups is 1. The largest absolute Gasteiger partial charge is 0.496 e. The predicted molar refractivity (Wildman–Crippen MR) is 135 cm³/mol. The second-order valence-corrected chi connectivity index (χ2v) is 9.30. The number of aryl methyl sites for hydroxylation is 2. The summed E-state index contributed by atoms with van der Waals surface area (Å²) in [6.07, 6.45) is 3.21. The summed E-state index contributed by atoms with van der Waals surface area (Å²) in [6.45, 7) is 7.10. The first kappa shape index (κ1) is 24.9. The number of ether oxygens (including phenoxy) is 2. The van der Waals surface area contributed by atoms with Crippen LogP contribution in [0.1, 0.15) is 60.9 Å². The number of para-hydroxylation sites is 1. The van der Waals surface area contributed by atoms with Crippen molar-refractivity contribution in [3.05, 3.63) is 64.7 Å². The van der Waals surface area contributed by atoms with E-state index < -0.39 is 0 Å². The Morgan fingerprint density at radius 3 is 2.66 bits per heavy atom. The van der Waals surface area contributed by atoms with Gasteiger partial charge >= 0.3 is 5.97 Å². The van der Waals surface area contributed by atoms with E-state index in [2.05, 4.69) is 32.0 Å². The number of amides is 1. The Hall–Kier alpha value is -3.19. The van der Waals surface area contributed by atoms with Gasteiger partial charge in [-0.05, 0) is 51.8 Å². The van der Waals surface area contributed by atoms with Gasteiger partial charge in [0.05, 0.1) is 32.0 Å². The van der Waals surface area contributed by atoms with Gasteiger partial charge in [-0.15, -0.1) is 0 Å². The number of rotatable bonds is 7. The fourth-order valence-corrected chi connectivity index (χ4v) is 5.16. The number of piperidine rings is 1. The number of carbonyl (C=O) groups is 2. The lowest BCUT2D eigenvalue weighted by Crippen LogP contribution is -2.49. The molecule has 2 heterocycles. The molecule has 7 nitrogen and oxygen atoms in total. The van der Waals surface area contributed by atoms with Gasteiger partial charge in [0, 0.05) is 17.5 Å². The molecule has 0 saturated carbocycles. The van der Waals surface area contributed by atoms with Crippen molar-refractivity contribution in [3.8, 4) is 5.75 Å². The van der Waals surface area contributed by atoms with Crippen molar-refractivity contribution in [2.45, 2.75) is 58.5 Å². The number of benzene rings is 2. The fourth-order valence-electron chi connectivity index (χ4n) is 5.16. The molecule has 4 rings (SSSR count). The molecule has 2 aliphatic heterocycles. The number of hydrogen-bond donors (Lipinski definition) is 0. The Kier molecular flexibility index (Phi) is 7.86. The monoisotopic (exact) mass is 477 g/mol. The summed E-state index contributed by atoms with van der Waals surface area (Å²) in [5.74, 6) is 0.355. The smallest absolute Gasteiger partial charge is 0.323 e. The zero-order chi connectivity index (χ0) is 24.9. The third kappa shape index (κ3) is 5.40. The van der Waals surface area contributed by atoms with Crippen molar-refractivity contribution in [1.82, 2.24) is 9.91 Å². The molecule has 35 heavy (non-hydrogen) atoms. The van der Waals surface area contributed by atoms with E-state index >= 15 is 0 Å². The molecule has 0 spiro atoms. The van der Waals surface area contributed by atoms with Crippen molar-refractivity contribution >= 4 is 17.6 Å². The number of nitrogens with zero attached hydrogens (tertiary/aromatic N) is 3. The number of carbonyl (C=O) groups excluding carboxylic acids is 2. The van der Waals surface area contributed by atoms with Crippen LogP contribution in [0.2, 0.25) is 0 Å². The Labute approximate surface area is 207 Å². The summed E-state index contributed by atoms with van der Waals surface area (Å²) in [6, 6.07) is 13.4. The van der Waals surface area contributed by atoms with Gasteiger partial charge in [-0.3, -0.25) is 14.5 Å². The topological polar surface area (TPSA) is 71.4 Å². The Bertz CT molecular complexity index is 1110. The first-order valence-corrected chi connectivity index (χ1v) is 12.4. The van der Waals surface area contributed by atoms with E-state index in [-0.39, 0.29) is 30.5 Å². The van der Waals surface area contributed by atoms with Gasteiger partial charge in [-0.1, -0.05) is 48.4 Å². The molecule has 0 aromatic heterocycles. The molecule has 2 aliphatic rings. The van der Waals surface area contributed by atoms with Gasteiger partial charge in [0.15, 0.2) is 0 Å². The van der Waals surface area contributed by atoms with Crippen LogP contribution < -0.4 is 4.74 Å². The highest BCUT2D eigenvalue weighted by Crippen LogP contribution is 2.38. The Morgan fingerprint density at radius 2 is 1.91 bits per heavy atom. The molecular weight excluding hydrogens is 442 g/mol. The van der Waals surface area contributed by atoms with E-state index in [4.69, 9.17) is 14.6 Å². The number of likely N-dealkylation sites (tertiary alicyclic amines) is 1. The summed E-state index contributed by atoms with van der Waals surface area (Å²) in [5.41, 5.74) is 5.18. The highest BCUT2D eigenvalue weighted by Gasteiger charge is 2.38. The highest BCUT2D eigenvalue weighted by molar-refractivity contribution is 6.04. The van der Waals surface area contributed by atoms with Crippen LogP contribution in [0.4, 0.5) is 0 Å². The third-order valence-corrected chi connectivity index (χ3v) is 6.87. The van der Waals surface area contributed by atoms with Crippen LogP contribution in [-0.2, 0) is 14.3 Å². The van der Waals surface area contributed by atoms with Crippen LogP contribution in [-0.4, -0.2) is 60.3 Å². The quantitative estimate of drug-likeness (QED) is 0.553. The maximum atomic E-state index is 13.7. The molecule has 1 amide bonds.